The molecule has 92 valence electrons. The quantitative estimate of drug-likeness (QED) is 0.832. The van der Waals surface area contributed by atoms with E-state index >= 15 is 0 Å². The molecule has 3 heteroatoms. The van der Waals surface area contributed by atoms with Gasteiger partial charge in [0.25, 0.3) is 0 Å². The number of rotatable bonds is 4. The Balaban J connectivity index is 2.09. The van der Waals surface area contributed by atoms with Crippen molar-refractivity contribution in [2.45, 2.75) is 31.5 Å². The largest absolute Gasteiger partial charge is 0.326 e. The summed E-state index contributed by atoms with van der Waals surface area (Å²) < 4.78 is 0. The highest BCUT2D eigenvalue weighted by molar-refractivity contribution is 9.09. The number of alkyl halides is 1. The van der Waals surface area contributed by atoms with Gasteiger partial charge < -0.3 is 5.32 Å². The van der Waals surface area contributed by atoms with Crippen molar-refractivity contribution in [1.82, 2.24) is 0 Å². The van der Waals surface area contributed by atoms with Crippen LogP contribution in [0.15, 0.2) is 24.3 Å². The Morgan fingerprint density at radius 1 is 1.35 bits per heavy atom. The number of carbonyl (C=O) groups excluding carboxylic acids is 1. The molecule has 1 aliphatic carbocycles. The monoisotopic (exact) mass is 295 g/mol. The van der Waals surface area contributed by atoms with Crippen molar-refractivity contribution in [3.05, 3.63) is 29.8 Å². The minimum absolute atomic E-state index is 0.133. The fourth-order valence-corrected chi connectivity index (χ4v) is 2.41. The van der Waals surface area contributed by atoms with Crippen LogP contribution in [0.3, 0.4) is 0 Å². The third-order valence-electron chi connectivity index (χ3n) is 3.39. The third kappa shape index (κ3) is 3.09. The first kappa shape index (κ1) is 12.6. The van der Waals surface area contributed by atoms with Crippen LogP contribution < -0.4 is 5.32 Å². The third-order valence-corrected chi connectivity index (χ3v) is 3.88. The maximum absolute atomic E-state index is 12.0. The van der Waals surface area contributed by atoms with E-state index in [-0.39, 0.29) is 16.7 Å². The van der Waals surface area contributed by atoms with Gasteiger partial charge in [0.2, 0.25) is 5.91 Å². The standard InChI is InChI=1S/C14H18BrNO/c1-9(11-7-8-11)14(17)16-13-6-4-3-5-12(13)10(2)15/h3-6,9-11H,7-8H2,1-2H3,(H,16,17). The van der Waals surface area contributed by atoms with E-state index in [0.717, 1.165) is 11.3 Å². The van der Waals surface area contributed by atoms with E-state index in [1.807, 2.05) is 31.2 Å². The first-order valence-electron chi connectivity index (χ1n) is 6.13. The highest BCUT2D eigenvalue weighted by Crippen LogP contribution is 2.37. The molecule has 2 nitrogen and oxygen atoms in total. The average Bonchev–Trinajstić information content (AvgIpc) is 3.12. The first-order chi connectivity index (χ1) is 8.09. The number of nitrogens with one attached hydrogen (secondary N) is 1. The molecule has 1 aromatic rings. The SMILES string of the molecule is CC(Br)c1ccccc1NC(=O)C(C)C1CC1. The average molecular weight is 296 g/mol. The summed E-state index contributed by atoms with van der Waals surface area (Å²) in [5.41, 5.74) is 2.05. The lowest BCUT2D eigenvalue weighted by atomic mass is 10.0. The number of halogens is 1. The number of carbonyl (C=O) groups is 1. The van der Waals surface area contributed by atoms with Crippen molar-refractivity contribution >= 4 is 27.5 Å². The van der Waals surface area contributed by atoms with Gasteiger partial charge in [0.15, 0.2) is 0 Å². The number of hydrogen-bond acceptors (Lipinski definition) is 1. The number of amides is 1. The van der Waals surface area contributed by atoms with E-state index in [1.165, 1.54) is 12.8 Å². The van der Waals surface area contributed by atoms with Crippen molar-refractivity contribution in [1.29, 1.82) is 0 Å². The molecule has 0 bridgehead atoms. The molecule has 2 atom stereocenters. The van der Waals surface area contributed by atoms with Gasteiger partial charge in [0.1, 0.15) is 0 Å². The van der Waals surface area contributed by atoms with E-state index < -0.39 is 0 Å². The summed E-state index contributed by atoms with van der Waals surface area (Å²) in [7, 11) is 0. The molecule has 0 aliphatic heterocycles. The number of anilines is 1. The summed E-state index contributed by atoms with van der Waals surface area (Å²) in [5.74, 6) is 0.880. The van der Waals surface area contributed by atoms with Crippen LogP contribution in [0.1, 0.15) is 37.1 Å². The zero-order valence-electron chi connectivity index (χ0n) is 10.2. The van der Waals surface area contributed by atoms with Gasteiger partial charge in [-0.05, 0) is 37.3 Å². The van der Waals surface area contributed by atoms with Crippen molar-refractivity contribution in [3.8, 4) is 0 Å². The Hall–Kier alpha value is -0.830. The molecule has 1 aromatic carbocycles. The Labute approximate surface area is 111 Å². The number of para-hydroxylation sites is 1. The fraction of sp³-hybridized carbons (Fsp3) is 0.500. The van der Waals surface area contributed by atoms with E-state index in [0.29, 0.717) is 5.92 Å². The molecule has 1 saturated carbocycles. The van der Waals surface area contributed by atoms with Crippen molar-refractivity contribution in [2.24, 2.45) is 11.8 Å². The molecule has 1 aliphatic rings. The Morgan fingerprint density at radius 2 is 2.00 bits per heavy atom. The van der Waals surface area contributed by atoms with Gasteiger partial charge in [-0.15, -0.1) is 0 Å². The second-order valence-electron chi connectivity index (χ2n) is 4.82. The smallest absolute Gasteiger partial charge is 0.227 e. The van der Waals surface area contributed by atoms with Crippen molar-refractivity contribution in [2.75, 3.05) is 5.32 Å². The van der Waals surface area contributed by atoms with E-state index in [9.17, 15) is 4.79 Å². The zero-order chi connectivity index (χ0) is 12.4. The van der Waals surface area contributed by atoms with Crippen LogP contribution in [0.4, 0.5) is 5.69 Å². The molecule has 17 heavy (non-hydrogen) atoms. The second-order valence-corrected chi connectivity index (χ2v) is 6.19. The van der Waals surface area contributed by atoms with Crippen LogP contribution in [0.2, 0.25) is 0 Å². The zero-order valence-corrected chi connectivity index (χ0v) is 11.8. The minimum atomic E-state index is 0.133. The van der Waals surface area contributed by atoms with Gasteiger partial charge in [-0.25, -0.2) is 0 Å². The highest BCUT2D eigenvalue weighted by atomic mass is 79.9. The normalized spacial score (nSPS) is 18.5. The first-order valence-corrected chi connectivity index (χ1v) is 7.05. The molecular weight excluding hydrogens is 278 g/mol. The van der Waals surface area contributed by atoms with Crippen LogP contribution in [-0.2, 0) is 4.79 Å². The van der Waals surface area contributed by atoms with E-state index in [1.54, 1.807) is 0 Å². The van der Waals surface area contributed by atoms with Gasteiger partial charge in [-0.2, -0.15) is 0 Å². The summed E-state index contributed by atoms with van der Waals surface area (Å²) in [6.45, 7) is 4.09. The highest BCUT2D eigenvalue weighted by Gasteiger charge is 2.32. The topological polar surface area (TPSA) is 29.1 Å². The molecule has 0 heterocycles. The summed E-state index contributed by atoms with van der Waals surface area (Å²) in [6.07, 6.45) is 2.40. The maximum Gasteiger partial charge on any atom is 0.227 e. The van der Waals surface area contributed by atoms with Crippen LogP contribution >= 0.6 is 15.9 Å². The summed E-state index contributed by atoms with van der Waals surface area (Å²) >= 11 is 3.55. The lowest BCUT2D eigenvalue weighted by Crippen LogP contribution is -2.22. The predicted octanol–water partition coefficient (Wildman–Crippen LogP) is 4.13. The predicted molar refractivity (Wildman–Crippen MR) is 74.3 cm³/mol. The van der Waals surface area contributed by atoms with Crippen LogP contribution in [0, 0.1) is 11.8 Å². The van der Waals surface area contributed by atoms with Gasteiger partial charge in [-0.3, -0.25) is 4.79 Å². The summed E-state index contributed by atoms with van der Waals surface area (Å²) in [4.78, 5) is 12.3. The summed E-state index contributed by atoms with van der Waals surface area (Å²) in [6, 6.07) is 7.95. The Morgan fingerprint density at radius 3 is 2.59 bits per heavy atom. The van der Waals surface area contributed by atoms with Crippen molar-refractivity contribution in [3.63, 3.8) is 0 Å². The van der Waals surface area contributed by atoms with Gasteiger partial charge in [0, 0.05) is 16.4 Å². The van der Waals surface area contributed by atoms with Gasteiger partial charge >= 0.3 is 0 Å². The molecule has 1 N–H and O–H groups in total. The second kappa shape index (κ2) is 5.21. The van der Waals surface area contributed by atoms with E-state index in [2.05, 4.69) is 28.2 Å². The van der Waals surface area contributed by atoms with Crippen LogP contribution in [-0.4, -0.2) is 5.91 Å². The number of hydrogen-bond donors (Lipinski definition) is 1. The fourth-order valence-electron chi connectivity index (χ4n) is 2.01. The Kier molecular flexibility index (Phi) is 3.87. The van der Waals surface area contributed by atoms with Crippen LogP contribution in [0.25, 0.3) is 0 Å². The molecule has 0 spiro atoms. The molecule has 0 radical (unpaired) electrons. The molecule has 0 aromatic heterocycles. The molecule has 2 unspecified atom stereocenters. The molecular formula is C14H18BrNO. The summed E-state index contributed by atoms with van der Waals surface area (Å²) in [5, 5.41) is 3.04. The molecule has 1 amide bonds. The van der Waals surface area contributed by atoms with Gasteiger partial charge in [-0.1, -0.05) is 41.1 Å². The lowest BCUT2D eigenvalue weighted by Gasteiger charge is -2.15. The van der Waals surface area contributed by atoms with Gasteiger partial charge in [0.05, 0.1) is 0 Å². The molecule has 1 fully saturated rings. The Bertz CT molecular complexity index is 412. The van der Waals surface area contributed by atoms with Crippen LogP contribution in [0.5, 0.6) is 0 Å². The number of benzene rings is 1. The maximum atomic E-state index is 12.0. The van der Waals surface area contributed by atoms with Crippen molar-refractivity contribution < 1.29 is 4.79 Å². The molecule has 0 saturated heterocycles. The van der Waals surface area contributed by atoms with E-state index in [4.69, 9.17) is 0 Å². The molecule has 2 rings (SSSR count). The minimum Gasteiger partial charge on any atom is -0.326 e. The lowest BCUT2D eigenvalue weighted by molar-refractivity contribution is -0.119.